The number of unbranched alkanes of at least 4 members (excludes halogenated alkanes) is 11. The van der Waals surface area contributed by atoms with E-state index >= 15 is 0 Å². The number of rotatable bonds is 33. The van der Waals surface area contributed by atoms with E-state index in [1.54, 1.807) is 11.6 Å². The summed E-state index contributed by atoms with van der Waals surface area (Å²) >= 11 is 14.2. The Hall–Kier alpha value is 0.180. The van der Waals surface area contributed by atoms with Crippen LogP contribution in [0.25, 0.3) is 65.4 Å². The predicted molar refractivity (Wildman–Crippen MR) is 479 cm³/mol. The first kappa shape index (κ1) is 86.4. The molecule has 10 rings (SSSR count). The van der Waals surface area contributed by atoms with Gasteiger partial charge in [-0.1, -0.05) is 151 Å². The first-order valence-electron chi connectivity index (χ1n) is 36.9. The van der Waals surface area contributed by atoms with Gasteiger partial charge >= 0.3 is 391 Å². The number of nitrogens with zero attached hydrogens (tertiary/aromatic N) is 1. The molecule has 9 aromatic rings. The van der Waals surface area contributed by atoms with E-state index in [1.807, 2.05) is 45.3 Å². The number of benzene rings is 1. The summed E-state index contributed by atoms with van der Waals surface area (Å²) in [6.45, 7) is 13.6. The molecule has 0 aliphatic carbocycles. The Morgan fingerprint density at radius 1 is 0.394 bits per heavy atom. The van der Waals surface area contributed by atoms with E-state index in [0.717, 1.165) is 32.3 Å². The fourth-order valence-electron chi connectivity index (χ4n) is 12.3. The van der Waals surface area contributed by atoms with Gasteiger partial charge in [0.2, 0.25) is 0 Å². The minimum atomic E-state index is -2.41. The molecular weight excluding hydrogens is 1920 g/mol. The summed E-state index contributed by atoms with van der Waals surface area (Å²) in [4.78, 5) is 68.0. The molecule has 2 radical (unpaired) electrons. The third-order valence-electron chi connectivity index (χ3n) is 18.5. The van der Waals surface area contributed by atoms with E-state index in [1.165, 1.54) is 209 Å². The maximum atomic E-state index is 12.4. The fraction of sp³-hybridized carbons (Fsp3) is 0.506. The molecule has 9 heterocycles. The molecule has 0 N–H and O–H groups in total. The van der Waals surface area contributed by atoms with Crippen molar-refractivity contribution in [3.05, 3.63) is 121 Å². The summed E-state index contributed by atoms with van der Waals surface area (Å²) in [7, 11) is 4.50. The number of thiophene rings is 8. The van der Waals surface area contributed by atoms with Crippen LogP contribution in [-0.2, 0) is 12.8 Å². The number of imide groups is 1. The van der Waals surface area contributed by atoms with E-state index in [2.05, 4.69) is 265 Å². The van der Waals surface area contributed by atoms with Gasteiger partial charge in [0.1, 0.15) is 0 Å². The van der Waals surface area contributed by atoms with Crippen molar-refractivity contribution in [2.24, 2.45) is 11.8 Å². The summed E-state index contributed by atoms with van der Waals surface area (Å²) in [6, 6.07) is 29.1. The molecule has 8 aromatic heterocycles. The number of halogens is 2. The van der Waals surface area contributed by atoms with Crippen molar-refractivity contribution in [3.8, 4) is 20.9 Å². The normalized spacial score (nSPS) is 13.6. The van der Waals surface area contributed by atoms with Crippen LogP contribution in [0.3, 0.4) is 0 Å². The molecule has 0 fully saturated rings. The summed E-state index contributed by atoms with van der Waals surface area (Å²) in [5.74, 6) is 1.31. The molecule has 0 saturated carbocycles. The molecule has 0 spiro atoms. The summed E-state index contributed by atoms with van der Waals surface area (Å²) in [5.41, 5.74) is 4.03. The Morgan fingerprint density at radius 3 is 1.08 bits per heavy atom. The third-order valence-corrected chi connectivity index (χ3v) is 66.5. The molecule has 1 aliphatic rings. The van der Waals surface area contributed by atoms with Crippen LogP contribution in [0.1, 0.15) is 200 Å². The fourth-order valence-corrected chi connectivity index (χ4v) is 46.5. The monoisotopic (exact) mass is 2040 g/mol. The zero-order valence-electron chi connectivity index (χ0n) is 63.1. The molecule has 2 unspecified atom stereocenters. The first-order valence-corrected chi connectivity index (χ1v) is 84.9. The number of carbonyl (C=O) groups is 2. The van der Waals surface area contributed by atoms with Gasteiger partial charge in [-0.25, -0.2) is 0 Å². The molecule has 1 aliphatic heterocycles. The van der Waals surface area contributed by atoms with Crippen LogP contribution in [0.15, 0.2) is 80.4 Å². The van der Waals surface area contributed by atoms with Crippen molar-refractivity contribution in [2.45, 2.75) is 229 Å². The SMILES string of the molecule is CCCCC(CC)Cc1ccc(/C=C/c2ccc(-c3c4c[c]([Sn]([CH3])([CH3])[CH3])sc4c(-c4ccc(/C=C/c5ccc(CC(CC)CCCC)s5)s4)c4c[c]([Sn]([CH3])([CH3])[CH3])sc34)s2)s1.CCCCCCCCCCCCN1C(=O)c2c(Br)sc(Br)c2C1=O.[B]C.[CH3][Sn]([CH3])([CH3])[c]1cc[c]([Sn]([CH3])([CH3])[CH3])s1. The van der Waals surface area contributed by atoms with Crippen molar-refractivity contribution in [2.75, 3.05) is 6.54 Å². The van der Waals surface area contributed by atoms with Crippen molar-refractivity contribution in [1.29, 1.82) is 0 Å². The zero-order chi connectivity index (χ0) is 72.4. The van der Waals surface area contributed by atoms with Gasteiger partial charge < -0.3 is 0 Å². The van der Waals surface area contributed by atoms with Crippen molar-refractivity contribution >= 4 is 272 Å². The van der Waals surface area contributed by atoms with Crippen molar-refractivity contribution in [3.63, 3.8) is 0 Å². The van der Waals surface area contributed by atoms with Crippen LogP contribution in [0.5, 0.6) is 0 Å². The van der Waals surface area contributed by atoms with Crippen LogP contribution in [-0.4, -0.2) is 105 Å². The van der Waals surface area contributed by atoms with Crippen LogP contribution >= 0.6 is 123 Å². The molecule has 536 valence electrons. The number of hydrogen-bond acceptors (Lipinski definition) is 10. The van der Waals surface area contributed by atoms with Gasteiger partial charge in [0.25, 0.3) is 11.8 Å². The van der Waals surface area contributed by atoms with Crippen molar-refractivity contribution in [1.82, 2.24) is 4.90 Å². The second kappa shape index (κ2) is 41.1. The molecular formula is C81H114BBr2NO2S8Sn4. The molecule has 2 atom stereocenters. The zero-order valence-corrected chi connectivity index (χ0v) is 84.2. The maximum absolute atomic E-state index is 12.4. The first-order chi connectivity index (χ1) is 47.1. The Morgan fingerprint density at radius 2 is 0.737 bits per heavy atom. The number of amides is 2. The molecule has 1 aromatic carbocycles. The van der Waals surface area contributed by atoms with Gasteiger partial charge in [-0.15, -0.1) is 11.3 Å². The van der Waals surface area contributed by atoms with E-state index in [0.29, 0.717) is 17.7 Å². The minimum absolute atomic E-state index is 0.153. The second-order valence-electron chi connectivity index (χ2n) is 30.9. The summed E-state index contributed by atoms with van der Waals surface area (Å²) < 4.78 is 11.3. The Bertz CT molecular complexity index is 3770. The molecule has 18 heteroatoms. The van der Waals surface area contributed by atoms with Gasteiger partial charge in [-0.05, 0) is 63.0 Å². The molecule has 3 nitrogen and oxygen atoms in total. The average Bonchev–Trinajstić information content (AvgIpc) is 1.58. The third kappa shape index (κ3) is 24.8. The van der Waals surface area contributed by atoms with Crippen molar-refractivity contribution < 1.29 is 9.59 Å². The molecule has 2 amide bonds. The topological polar surface area (TPSA) is 37.4 Å². The van der Waals surface area contributed by atoms with Gasteiger partial charge in [-0.2, -0.15) is 0 Å². The van der Waals surface area contributed by atoms with Crippen LogP contribution in [0.4, 0.5) is 0 Å². The molecule has 0 bridgehead atoms. The average molecular weight is 2040 g/mol. The summed E-state index contributed by atoms with van der Waals surface area (Å²) in [5, 5.41) is 2.97. The quantitative estimate of drug-likeness (QED) is 0.0234. The van der Waals surface area contributed by atoms with E-state index < -0.39 is 73.5 Å². The second-order valence-corrected chi connectivity index (χ2v) is 104. The summed E-state index contributed by atoms with van der Waals surface area (Å²) in [6.07, 6.45) is 34.9. The van der Waals surface area contributed by atoms with Crippen LogP contribution in [0.2, 0.25) is 66.1 Å². The predicted octanol–water partition coefficient (Wildman–Crippen LogP) is 28.5. The van der Waals surface area contributed by atoms with E-state index in [9.17, 15) is 9.59 Å². The van der Waals surface area contributed by atoms with Crippen LogP contribution < -0.4 is 11.6 Å². The number of hydrogen-bond donors (Lipinski definition) is 0. The van der Waals surface area contributed by atoms with Crippen LogP contribution in [0, 0.1) is 11.8 Å². The van der Waals surface area contributed by atoms with Gasteiger partial charge in [0, 0.05) is 6.54 Å². The Kier molecular flexibility index (Phi) is 35.9. The molecule has 99 heavy (non-hydrogen) atoms. The Labute approximate surface area is 665 Å². The van der Waals surface area contributed by atoms with E-state index in [-0.39, 0.29) is 11.8 Å². The molecule has 0 saturated heterocycles. The van der Waals surface area contributed by atoms with Gasteiger partial charge in [-0.3, -0.25) is 14.5 Å². The number of carbonyl (C=O) groups excluding carboxylic acids is 2. The van der Waals surface area contributed by atoms with E-state index in [4.69, 9.17) is 0 Å². The van der Waals surface area contributed by atoms with Gasteiger partial charge in [0.15, 0.2) is 0 Å². The number of fused-ring (bicyclic) bond motifs is 3. The van der Waals surface area contributed by atoms with Gasteiger partial charge in [0.05, 0.1) is 26.5 Å². The standard InChI is InChI=1S/C46H48S6.C18H25Br2NO2S.C4H2S.CH3B.12CH3.4Sn/c1-5-9-11-31(7-3)29-37-19-17-33(49-37)13-15-35-21-23-41(51-35)43-39-25-27-48-46(39)44(40-26-28-47-45(40)43)42-24-22-36(52-42)16-14-34-18-20-38(50-34)30-32(8-4)12-10-6-2;1-2-3-4-5-6-7-8-9-10-11-12-21-17(22)13-14(18(21)23)16(20)24-15(13)19;1-2-4-5-3-1;1-2;;;;;;;;;;;;;;;;/h13-26,31-32H,5-12,29-30H2,1-4H3;2-12H2,1H3;1-2H;1H3;12*1H3;;;;/b15-13+,16-14+;;;;;;;;;;;;;;;;;;;. The Balaban J connectivity index is 0.000000287.